The van der Waals surface area contributed by atoms with Crippen molar-refractivity contribution in [1.29, 1.82) is 0 Å². The molecule has 3 aromatic rings. The predicted molar refractivity (Wildman–Crippen MR) is 112 cm³/mol. The average Bonchev–Trinajstić information content (AvgIpc) is 3.22. The molecule has 1 amide bonds. The molecule has 7 nitrogen and oxygen atoms in total. The van der Waals surface area contributed by atoms with Gasteiger partial charge in [-0.3, -0.25) is 9.78 Å². The molecule has 0 saturated carbocycles. The third kappa shape index (κ3) is 5.93. The lowest BCUT2D eigenvalue weighted by atomic mass is 10.0. The van der Waals surface area contributed by atoms with Gasteiger partial charge in [-0.1, -0.05) is 11.6 Å². The van der Waals surface area contributed by atoms with Crippen LogP contribution in [0.4, 0.5) is 26.3 Å². The molecule has 0 spiro atoms. The van der Waals surface area contributed by atoms with Crippen molar-refractivity contribution in [2.45, 2.75) is 30.2 Å². The number of sulfone groups is 1. The van der Waals surface area contributed by atoms with Crippen LogP contribution in [-0.2, 0) is 22.2 Å². The van der Waals surface area contributed by atoms with Crippen LogP contribution in [-0.4, -0.2) is 35.3 Å². The van der Waals surface area contributed by atoms with Crippen LogP contribution < -0.4 is 5.32 Å². The molecule has 2 heterocycles. The number of pyridine rings is 1. The van der Waals surface area contributed by atoms with E-state index in [9.17, 15) is 39.6 Å². The molecule has 188 valence electrons. The van der Waals surface area contributed by atoms with Crippen molar-refractivity contribution in [3.8, 4) is 5.69 Å². The summed E-state index contributed by atoms with van der Waals surface area (Å²) in [7, 11) is -3.62. The van der Waals surface area contributed by atoms with E-state index in [1.165, 1.54) is 19.2 Å². The number of halogens is 7. The molecule has 0 radical (unpaired) electrons. The second-order valence-corrected chi connectivity index (χ2v) is 9.83. The van der Waals surface area contributed by atoms with Crippen LogP contribution in [0.2, 0.25) is 5.02 Å². The zero-order chi connectivity index (χ0) is 26.3. The molecule has 0 saturated heterocycles. The van der Waals surface area contributed by atoms with E-state index in [0.717, 1.165) is 23.3 Å². The normalized spacial score (nSPS) is 13.5. The summed E-state index contributed by atoms with van der Waals surface area (Å²) in [5.74, 6) is -1.24. The third-order valence-corrected chi connectivity index (χ3v) is 6.10. The first-order chi connectivity index (χ1) is 16.0. The number of hydrogen-bond donors (Lipinski definition) is 1. The fraction of sp³-hybridized carbons (Fsp3) is 0.250. The van der Waals surface area contributed by atoms with Gasteiger partial charge < -0.3 is 5.32 Å². The molecule has 35 heavy (non-hydrogen) atoms. The maximum absolute atomic E-state index is 13.1. The molecule has 1 N–H and O–H groups in total. The Labute approximate surface area is 199 Å². The minimum atomic E-state index is -5.12. The van der Waals surface area contributed by atoms with E-state index in [2.05, 4.69) is 15.4 Å². The minimum Gasteiger partial charge on any atom is -0.344 e. The molecule has 1 aromatic carbocycles. The van der Waals surface area contributed by atoms with E-state index in [1.54, 1.807) is 0 Å². The van der Waals surface area contributed by atoms with Crippen LogP contribution in [0, 0.1) is 0 Å². The van der Waals surface area contributed by atoms with Crippen LogP contribution in [0.1, 0.15) is 40.1 Å². The molecule has 3 rings (SSSR count). The molecule has 1 atom stereocenters. The van der Waals surface area contributed by atoms with Crippen molar-refractivity contribution >= 4 is 27.3 Å². The van der Waals surface area contributed by atoms with E-state index in [0.29, 0.717) is 12.1 Å². The fourth-order valence-electron chi connectivity index (χ4n) is 3.04. The number of amides is 1. The van der Waals surface area contributed by atoms with Gasteiger partial charge in [0.1, 0.15) is 10.6 Å². The van der Waals surface area contributed by atoms with Crippen LogP contribution in [0.5, 0.6) is 0 Å². The summed E-state index contributed by atoms with van der Waals surface area (Å²) in [5.41, 5.74) is -4.08. The van der Waals surface area contributed by atoms with Gasteiger partial charge in [0.05, 0.1) is 34.1 Å². The predicted octanol–water partition coefficient (Wildman–Crippen LogP) is 4.85. The van der Waals surface area contributed by atoms with Gasteiger partial charge in [0.15, 0.2) is 9.84 Å². The molecule has 0 aliphatic carbocycles. The number of aromatic nitrogens is 3. The number of carbonyl (C=O) groups excluding carboxylic acids is 1. The highest BCUT2D eigenvalue weighted by Gasteiger charge is 2.37. The monoisotopic (exact) mass is 540 g/mol. The van der Waals surface area contributed by atoms with E-state index in [1.807, 2.05) is 0 Å². The summed E-state index contributed by atoms with van der Waals surface area (Å²) in [6, 6.07) is 0.767. The lowest BCUT2D eigenvalue weighted by molar-refractivity contribution is -0.143. The summed E-state index contributed by atoms with van der Waals surface area (Å²) >= 11 is 6.21. The SMILES string of the molecule is CC(NC(=O)c1cc(C(F)(F)F)cc(C(F)(F)F)c1)c1nccc(Cl)c1-n1cc(S(C)(=O)=O)cn1. The van der Waals surface area contributed by atoms with Crippen molar-refractivity contribution in [1.82, 2.24) is 20.1 Å². The van der Waals surface area contributed by atoms with E-state index >= 15 is 0 Å². The summed E-state index contributed by atoms with van der Waals surface area (Å²) < 4.78 is 103. The average molecular weight is 541 g/mol. The molecule has 0 fully saturated rings. The summed E-state index contributed by atoms with van der Waals surface area (Å²) in [6.07, 6.45) is -5.86. The first kappa shape index (κ1) is 26.5. The van der Waals surface area contributed by atoms with Crippen LogP contribution in [0.3, 0.4) is 0 Å². The Balaban J connectivity index is 2.00. The van der Waals surface area contributed by atoms with Gasteiger partial charge in [0.25, 0.3) is 5.91 Å². The van der Waals surface area contributed by atoms with Gasteiger partial charge in [-0.25, -0.2) is 13.1 Å². The number of carbonyl (C=O) groups is 1. The highest BCUT2D eigenvalue weighted by molar-refractivity contribution is 7.90. The Hall–Kier alpha value is -3.13. The number of nitrogens with zero attached hydrogens (tertiary/aromatic N) is 3. The Morgan fingerprint density at radius 3 is 2.14 bits per heavy atom. The van der Waals surface area contributed by atoms with Crippen molar-refractivity contribution in [3.05, 3.63) is 70.3 Å². The summed E-state index contributed by atoms with van der Waals surface area (Å²) in [4.78, 5) is 16.6. The van der Waals surface area contributed by atoms with Gasteiger partial charge in [-0.15, -0.1) is 0 Å². The molecule has 0 aliphatic rings. The third-order valence-electron chi connectivity index (χ3n) is 4.73. The highest BCUT2D eigenvalue weighted by atomic mass is 35.5. The molecule has 1 unspecified atom stereocenters. The smallest absolute Gasteiger partial charge is 0.344 e. The van der Waals surface area contributed by atoms with Crippen LogP contribution in [0.25, 0.3) is 5.69 Å². The van der Waals surface area contributed by atoms with Crippen molar-refractivity contribution in [2.75, 3.05) is 6.26 Å². The van der Waals surface area contributed by atoms with Crippen LogP contribution in [0.15, 0.2) is 47.8 Å². The number of alkyl halides is 6. The van der Waals surface area contributed by atoms with Gasteiger partial charge in [0, 0.05) is 24.2 Å². The molecule has 0 bridgehead atoms. The zero-order valence-electron chi connectivity index (χ0n) is 17.7. The number of benzene rings is 1. The second kappa shape index (κ2) is 9.15. The maximum Gasteiger partial charge on any atom is 0.416 e. The van der Waals surface area contributed by atoms with Gasteiger partial charge in [-0.05, 0) is 31.2 Å². The first-order valence-corrected chi connectivity index (χ1v) is 11.8. The van der Waals surface area contributed by atoms with E-state index < -0.39 is 50.8 Å². The largest absolute Gasteiger partial charge is 0.416 e. The van der Waals surface area contributed by atoms with Crippen LogP contribution >= 0.6 is 11.6 Å². The van der Waals surface area contributed by atoms with Crippen molar-refractivity contribution in [2.24, 2.45) is 0 Å². The summed E-state index contributed by atoms with van der Waals surface area (Å²) in [5, 5.41) is 6.25. The first-order valence-electron chi connectivity index (χ1n) is 9.48. The minimum absolute atomic E-state index is 0.0250. The Bertz CT molecular complexity index is 1350. The lowest BCUT2D eigenvalue weighted by Crippen LogP contribution is -2.29. The number of rotatable bonds is 5. The van der Waals surface area contributed by atoms with Crippen molar-refractivity contribution < 1.29 is 39.6 Å². The Morgan fingerprint density at radius 2 is 1.66 bits per heavy atom. The standard InChI is InChI=1S/C20H15ClF6N4O3S/c1-10(16-17(15(21)3-4-28-16)31-9-14(8-29-31)35(2,33)34)30-18(32)11-5-12(19(22,23)24)7-13(6-11)20(25,26)27/h3-10H,1-2H3,(H,30,32). The molecule has 0 aliphatic heterocycles. The quantitative estimate of drug-likeness (QED) is 0.467. The lowest BCUT2D eigenvalue weighted by Gasteiger charge is -2.19. The number of hydrogen-bond acceptors (Lipinski definition) is 5. The molecule has 15 heteroatoms. The number of nitrogens with one attached hydrogen (secondary N) is 1. The Morgan fingerprint density at radius 1 is 1.09 bits per heavy atom. The van der Waals surface area contributed by atoms with Gasteiger partial charge in [-0.2, -0.15) is 31.4 Å². The van der Waals surface area contributed by atoms with Gasteiger partial charge >= 0.3 is 12.4 Å². The van der Waals surface area contributed by atoms with E-state index in [4.69, 9.17) is 11.6 Å². The summed E-state index contributed by atoms with van der Waals surface area (Å²) in [6.45, 7) is 1.36. The molecule has 2 aromatic heterocycles. The second-order valence-electron chi connectivity index (χ2n) is 7.41. The van der Waals surface area contributed by atoms with Gasteiger partial charge in [0.2, 0.25) is 0 Å². The zero-order valence-corrected chi connectivity index (χ0v) is 19.3. The topological polar surface area (TPSA) is 94.0 Å². The molecular weight excluding hydrogens is 526 g/mol. The fourth-order valence-corrected chi connectivity index (χ4v) is 3.81. The van der Waals surface area contributed by atoms with Crippen molar-refractivity contribution in [3.63, 3.8) is 0 Å². The highest BCUT2D eigenvalue weighted by Crippen LogP contribution is 2.36. The van der Waals surface area contributed by atoms with E-state index in [-0.39, 0.29) is 27.4 Å². The molecular formula is C20H15ClF6N4O3S. The maximum atomic E-state index is 13.1. The Kier molecular flexibility index (Phi) is 6.92.